The highest BCUT2D eigenvalue weighted by Gasteiger charge is 2.22. The van der Waals surface area contributed by atoms with Crippen molar-refractivity contribution in [3.8, 4) is 0 Å². The summed E-state index contributed by atoms with van der Waals surface area (Å²) in [5, 5.41) is 4.58. The monoisotopic (exact) mass is 393 g/mol. The van der Waals surface area contributed by atoms with E-state index in [4.69, 9.17) is 0 Å². The van der Waals surface area contributed by atoms with Crippen LogP contribution in [0.1, 0.15) is 15.9 Å². The topological polar surface area (TPSA) is 36.4 Å². The van der Waals surface area contributed by atoms with Crippen LogP contribution in [0, 0.1) is 0 Å². The Morgan fingerprint density at radius 3 is 2.33 bits per heavy atom. The van der Waals surface area contributed by atoms with Crippen LogP contribution in [0.2, 0.25) is 0 Å². The SMILES string of the molecule is CN(CC=Cc1ccccc1)N(C(=O)c1ccccc1)c1cnc2ccccc2c1. The van der Waals surface area contributed by atoms with Gasteiger partial charge in [0, 0.05) is 24.5 Å². The molecule has 0 saturated carbocycles. The predicted molar refractivity (Wildman–Crippen MR) is 123 cm³/mol. The summed E-state index contributed by atoms with van der Waals surface area (Å²) in [5.41, 5.74) is 3.39. The minimum atomic E-state index is -0.0942. The maximum absolute atomic E-state index is 13.4. The van der Waals surface area contributed by atoms with Crippen molar-refractivity contribution in [1.29, 1.82) is 0 Å². The van der Waals surface area contributed by atoms with E-state index in [-0.39, 0.29) is 5.91 Å². The molecule has 0 radical (unpaired) electrons. The summed E-state index contributed by atoms with van der Waals surface area (Å²) in [6.45, 7) is 0.570. The first-order chi connectivity index (χ1) is 14.7. The van der Waals surface area contributed by atoms with Gasteiger partial charge in [-0.2, -0.15) is 0 Å². The Kier molecular flexibility index (Phi) is 5.97. The third-order valence-electron chi connectivity index (χ3n) is 4.85. The molecule has 0 N–H and O–H groups in total. The first-order valence-electron chi connectivity index (χ1n) is 9.89. The third kappa shape index (κ3) is 4.45. The number of carbonyl (C=O) groups excluding carboxylic acids is 1. The lowest BCUT2D eigenvalue weighted by Gasteiger charge is -2.31. The average molecular weight is 393 g/mol. The van der Waals surface area contributed by atoms with Crippen LogP contribution in [0.5, 0.6) is 0 Å². The van der Waals surface area contributed by atoms with Gasteiger partial charge in [0.15, 0.2) is 0 Å². The van der Waals surface area contributed by atoms with Crippen molar-refractivity contribution in [2.24, 2.45) is 0 Å². The number of amides is 1. The van der Waals surface area contributed by atoms with Crippen LogP contribution >= 0.6 is 0 Å². The number of hydrogen-bond acceptors (Lipinski definition) is 3. The largest absolute Gasteiger partial charge is 0.272 e. The van der Waals surface area contributed by atoms with Gasteiger partial charge in [-0.25, -0.2) is 10.0 Å². The number of hydrogen-bond donors (Lipinski definition) is 0. The quantitative estimate of drug-likeness (QED) is 0.409. The van der Waals surface area contributed by atoms with Crippen LogP contribution in [-0.4, -0.2) is 29.5 Å². The molecule has 0 fully saturated rings. The number of anilines is 1. The Labute approximate surface area is 176 Å². The van der Waals surface area contributed by atoms with Crippen molar-refractivity contribution in [3.05, 3.63) is 114 Å². The molecular formula is C26H23N3O. The number of aromatic nitrogens is 1. The van der Waals surface area contributed by atoms with Gasteiger partial charge in [0.1, 0.15) is 0 Å². The summed E-state index contributed by atoms with van der Waals surface area (Å²) in [4.78, 5) is 17.9. The minimum absolute atomic E-state index is 0.0942. The molecule has 0 aliphatic rings. The van der Waals surface area contributed by atoms with Gasteiger partial charge in [-0.15, -0.1) is 0 Å². The van der Waals surface area contributed by atoms with Gasteiger partial charge in [0.25, 0.3) is 5.91 Å². The Bertz CT molecular complexity index is 1160. The van der Waals surface area contributed by atoms with Gasteiger partial charge in [-0.3, -0.25) is 9.78 Å². The number of carbonyl (C=O) groups is 1. The second-order valence-corrected chi connectivity index (χ2v) is 7.02. The molecule has 0 bridgehead atoms. The highest BCUT2D eigenvalue weighted by atomic mass is 16.2. The minimum Gasteiger partial charge on any atom is -0.267 e. The summed E-state index contributed by atoms with van der Waals surface area (Å²) in [5.74, 6) is -0.0942. The van der Waals surface area contributed by atoms with E-state index in [0.29, 0.717) is 12.1 Å². The van der Waals surface area contributed by atoms with Gasteiger partial charge in [0.2, 0.25) is 0 Å². The molecule has 148 valence electrons. The van der Waals surface area contributed by atoms with Crippen molar-refractivity contribution in [3.63, 3.8) is 0 Å². The van der Waals surface area contributed by atoms with E-state index in [1.54, 1.807) is 11.2 Å². The van der Waals surface area contributed by atoms with Crippen molar-refractivity contribution in [2.75, 3.05) is 18.6 Å². The number of pyridine rings is 1. The number of nitrogens with zero attached hydrogens (tertiary/aromatic N) is 3. The summed E-state index contributed by atoms with van der Waals surface area (Å²) in [6, 6.07) is 29.3. The zero-order valence-corrected chi connectivity index (χ0v) is 16.8. The van der Waals surface area contributed by atoms with Gasteiger partial charge >= 0.3 is 0 Å². The van der Waals surface area contributed by atoms with Crippen molar-refractivity contribution < 1.29 is 4.79 Å². The fourth-order valence-electron chi connectivity index (χ4n) is 3.33. The molecule has 0 atom stereocenters. The van der Waals surface area contributed by atoms with Crippen LogP contribution < -0.4 is 5.01 Å². The van der Waals surface area contributed by atoms with Crippen LogP contribution in [0.3, 0.4) is 0 Å². The van der Waals surface area contributed by atoms with E-state index in [1.165, 1.54) is 0 Å². The number of hydrazine groups is 1. The normalized spacial score (nSPS) is 11.3. The van der Waals surface area contributed by atoms with Crippen LogP contribution in [-0.2, 0) is 0 Å². The maximum atomic E-state index is 13.4. The summed E-state index contributed by atoms with van der Waals surface area (Å²) in [7, 11) is 1.91. The van der Waals surface area contributed by atoms with E-state index in [0.717, 1.165) is 22.2 Å². The van der Waals surface area contributed by atoms with Crippen molar-refractivity contribution in [2.45, 2.75) is 0 Å². The van der Waals surface area contributed by atoms with E-state index < -0.39 is 0 Å². The first kappa shape index (κ1) is 19.6. The van der Waals surface area contributed by atoms with Gasteiger partial charge in [-0.1, -0.05) is 78.9 Å². The Morgan fingerprint density at radius 2 is 1.57 bits per heavy atom. The average Bonchev–Trinajstić information content (AvgIpc) is 2.80. The Morgan fingerprint density at radius 1 is 0.900 bits per heavy atom. The fraction of sp³-hybridized carbons (Fsp3) is 0.0769. The second kappa shape index (κ2) is 9.16. The molecule has 4 aromatic rings. The molecule has 4 rings (SSSR count). The smallest absolute Gasteiger partial charge is 0.267 e. The second-order valence-electron chi connectivity index (χ2n) is 7.02. The lowest BCUT2D eigenvalue weighted by molar-refractivity contribution is 0.0922. The zero-order valence-electron chi connectivity index (χ0n) is 16.8. The molecular weight excluding hydrogens is 370 g/mol. The summed E-state index contributed by atoms with van der Waals surface area (Å²) >= 11 is 0. The Balaban J connectivity index is 1.65. The van der Waals surface area contributed by atoms with E-state index in [1.807, 2.05) is 90.9 Å². The molecule has 1 heterocycles. The van der Waals surface area contributed by atoms with Gasteiger partial charge in [-0.05, 0) is 29.8 Å². The molecule has 4 heteroatoms. The lowest BCUT2D eigenvalue weighted by Crippen LogP contribution is -2.44. The molecule has 0 aliphatic carbocycles. The van der Waals surface area contributed by atoms with E-state index >= 15 is 0 Å². The first-order valence-corrected chi connectivity index (χ1v) is 9.89. The van der Waals surface area contributed by atoms with Crippen LogP contribution in [0.15, 0.2) is 103 Å². The molecule has 0 spiro atoms. The molecule has 30 heavy (non-hydrogen) atoms. The number of likely N-dealkylation sites (N-methyl/N-ethyl adjacent to an activating group) is 1. The highest BCUT2D eigenvalue weighted by Crippen LogP contribution is 2.23. The van der Waals surface area contributed by atoms with Crippen LogP contribution in [0.25, 0.3) is 17.0 Å². The van der Waals surface area contributed by atoms with Crippen LogP contribution in [0.4, 0.5) is 5.69 Å². The van der Waals surface area contributed by atoms with E-state index in [9.17, 15) is 4.79 Å². The van der Waals surface area contributed by atoms with Gasteiger partial charge < -0.3 is 0 Å². The van der Waals surface area contributed by atoms with E-state index in [2.05, 4.69) is 29.3 Å². The molecule has 3 aromatic carbocycles. The molecule has 4 nitrogen and oxygen atoms in total. The molecule has 0 saturated heterocycles. The van der Waals surface area contributed by atoms with Crippen molar-refractivity contribution >= 4 is 28.6 Å². The number of benzene rings is 3. The molecule has 1 amide bonds. The summed E-state index contributed by atoms with van der Waals surface area (Å²) < 4.78 is 0. The highest BCUT2D eigenvalue weighted by molar-refractivity contribution is 6.06. The Hall–Kier alpha value is -3.76. The number of rotatable bonds is 6. The van der Waals surface area contributed by atoms with Crippen molar-refractivity contribution in [1.82, 2.24) is 9.99 Å². The lowest BCUT2D eigenvalue weighted by atomic mass is 10.2. The number of fused-ring (bicyclic) bond motifs is 1. The third-order valence-corrected chi connectivity index (χ3v) is 4.85. The molecule has 0 unspecified atom stereocenters. The standard InChI is InChI=1S/C26H23N3O/c1-28(18-10-13-21-11-4-2-5-12-21)29(26(30)22-14-6-3-7-15-22)24-19-23-16-8-9-17-25(23)27-20-24/h2-17,19-20H,18H2,1H3. The molecule has 0 aliphatic heterocycles. The van der Waals surface area contributed by atoms with Gasteiger partial charge in [0.05, 0.1) is 17.4 Å². The summed E-state index contributed by atoms with van der Waals surface area (Å²) in [6.07, 6.45) is 5.86. The maximum Gasteiger partial charge on any atom is 0.272 e. The fourth-order valence-corrected chi connectivity index (χ4v) is 3.33. The predicted octanol–water partition coefficient (Wildman–Crippen LogP) is 5.44. The number of para-hydroxylation sites is 1. The molecule has 1 aromatic heterocycles. The zero-order chi connectivity index (χ0) is 20.8.